The average molecular weight is 291 g/mol. The van der Waals surface area contributed by atoms with E-state index in [-0.39, 0.29) is 23.3 Å². The number of carbonyl (C=O) groups is 1. The molecule has 1 N–H and O–H groups in total. The van der Waals surface area contributed by atoms with Gasteiger partial charge in [0, 0.05) is 4.92 Å². The van der Waals surface area contributed by atoms with Gasteiger partial charge in [0.1, 0.15) is 0 Å². The Bertz CT molecular complexity index is 552. The van der Waals surface area contributed by atoms with E-state index >= 15 is 0 Å². The molecule has 1 unspecified atom stereocenters. The molecule has 0 bridgehead atoms. The quantitative estimate of drug-likeness (QED) is 0.490. The Morgan fingerprint density at radius 1 is 1.67 bits per heavy atom. The summed E-state index contributed by atoms with van der Waals surface area (Å²) in [5.74, 6) is 1.07. The van der Waals surface area contributed by atoms with Crippen LogP contribution in [-0.2, 0) is 4.79 Å². The average Bonchev–Trinajstić information content (AvgIpc) is 2.63. The third kappa shape index (κ3) is 2.44. The van der Waals surface area contributed by atoms with Crippen LogP contribution >= 0.6 is 0 Å². The summed E-state index contributed by atoms with van der Waals surface area (Å²) in [7, 11) is 0. The third-order valence-electron chi connectivity index (χ3n) is 4.97. The first-order chi connectivity index (χ1) is 9.61. The van der Waals surface area contributed by atoms with Crippen LogP contribution in [0.3, 0.4) is 0 Å². The monoisotopic (exact) mass is 291 g/mol. The summed E-state index contributed by atoms with van der Waals surface area (Å²) in [6.45, 7) is 5.20. The third-order valence-corrected chi connectivity index (χ3v) is 4.97. The number of carboxylic acid groups (broad SMARTS) is 1. The van der Waals surface area contributed by atoms with E-state index in [1.807, 2.05) is 26.8 Å². The van der Waals surface area contributed by atoms with Crippen LogP contribution in [0.15, 0.2) is 11.6 Å². The second-order valence-corrected chi connectivity index (χ2v) is 7.39. The fourth-order valence-electron chi connectivity index (χ4n) is 4.53. The summed E-state index contributed by atoms with van der Waals surface area (Å²) in [5, 5.41) is 20.8. The molecule has 0 saturated heterocycles. The fourth-order valence-corrected chi connectivity index (χ4v) is 4.53. The number of hydrogen-bond acceptors (Lipinski definition) is 3. The van der Waals surface area contributed by atoms with Gasteiger partial charge in [0.2, 0.25) is 6.54 Å². The van der Waals surface area contributed by atoms with Gasteiger partial charge < -0.3 is 5.11 Å². The summed E-state index contributed by atoms with van der Waals surface area (Å²) in [6.07, 6.45) is 8.64. The van der Waals surface area contributed by atoms with Crippen LogP contribution < -0.4 is 0 Å². The van der Waals surface area contributed by atoms with E-state index < -0.39 is 22.7 Å². The number of terminal acetylenes is 1. The molecule has 0 aromatic rings. The van der Waals surface area contributed by atoms with Crippen LogP contribution in [0.4, 0.5) is 0 Å². The molecule has 1 saturated carbocycles. The summed E-state index contributed by atoms with van der Waals surface area (Å²) >= 11 is 0. The van der Waals surface area contributed by atoms with Crippen molar-refractivity contribution in [2.45, 2.75) is 33.6 Å². The number of nitro groups is 1. The number of carboxylic acids is 1. The molecule has 2 rings (SSSR count). The van der Waals surface area contributed by atoms with Crippen molar-refractivity contribution in [3.8, 4) is 12.3 Å². The van der Waals surface area contributed by atoms with E-state index in [4.69, 9.17) is 6.42 Å². The molecule has 0 aliphatic heterocycles. The van der Waals surface area contributed by atoms with Crippen molar-refractivity contribution in [2.75, 3.05) is 6.54 Å². The van der Waals surface area contributed by atoms with Gasteiger partial charge in [-0.1, -0.05) is 32.8 Å². The van der Waals surface area contributed by atoms with Crippen LogP contribution in [0.25, 0.3) is 0 Å². The van der Waals surface area contributed by atoms with Gasteiger partial charge in [-0.15, -0.1) is 6.42 Å². The number of rotatable bonds is 4. The molecule has 0 heterocycles. The minimum atomic E-state index is -0.953. The molecule has 5 heteroatoms. The Kier molecular flexibility index (Phi) is 3.61. The van der Waals surface area contributed by atoms with Gasteiger partial charge in [-0.2, -0.15) is 0 Å². The van der Waals surface area contributed by atoms with Gasteiger partial charge >= 0.3 is 5.97 Å². The predicted molar refractivity (Wildman–Crippen MR) is 78.0 cm³/mol. The molecule has 4 atom stereocenters. The van der Waals surface area contributed by atoms with Crippen molar-refractivity contribution in [2.24, 2.45) is 28.6 Å². The highest BCUT2D eigenvalue weighted by atomic mass is 16.6. The second kappa shape index (κ2) is 4.87. The molecule has 0 spiro atoms. The number of nitrogens with zero attached hydrogens (tertiary/aromatic N) is 1. The van der Waals surface area contributed by atoms with Crippen molar-refractivity contribution in [3.63, 3.8) is 0 Å². The zero-order valence-electron chi connectivity index (χ0n) is 12.6. The first kappa shape index (κ1) is 15.6. The smallest absolute Gasteiger partial charge is 0.307 e. The highest BCUT2D eigenvalue weighted by Gasteiger charge is 2.65. The molecule has 2 aliphatic rings. The lowest BCUT2D eigenvalue weighted by molar-refractivity contribution is -0.510. The lowest BCUT2D eigenvalue weighted by Crippen LogP contribution is -2.59. The Balaban J connectivity index is 2.45. The van der Waals surface area contributed by atoms with Crippen LogP contribution in [0.5, 0.6) is 0 Å². The maximum Gasteiger partial charge on any atom is 0.307 e. The van der Waals surface area contributed by atoms with Crippen molar-refractivity contribution < 1.29 is 14.8 Å². The first-order valence-electron chi connectivity index (χ1n) is 7.13. The second-order valence-electron chi connectivity index (χ2n) is 7.39. The van der Waals surface area contributed by atoms with Gasteiger partial charge in [-0.25, -0.2) is 0 Å². The SMILES string of the molecule is C#CC1=C[C@@H]2[C@@H](C1)C[C@]2(C[N+](=O)[O-])C(C(=O)O)C(C)(C)C. The van der Waals surface area contributed by atoms with E-state index in [1.165, 1.54) is 0 Å². The number of hydrogen-bond donors (Lipinski definition) is 1. The lowest BCUT2D eigenvalue weighted by Gasteiger charge is -2.55. The number of allylic oxidation sites excluding steroid dienone is 2. The Morgan fingerprint density at radius 3 is 2.71 bits per heavy atom. The predicted octanol–water partition coefficient (Wildman–Crippen LogP) is 2.60. The maximum absolute atomic E-state index is 11.8. The van der Waals surface area contributed by atoms with E-state index in [2.05, 4.69) is 5.92 Å². The molecule has 0 radical (unpaired) electrons. The molecule has 114 valence electrons. The van der Waals surface area contributed by atoms with Crippen molar-refractivity contribution in [1.82, 2.24) is 0 Å². The largest absolute Gasteiger partial charge is 0.481 e. The van der Waals surface area contributed by atoms with Crippen molar-refractivity contribution >= 4 is 5.97 Å². The van der Waals surface area contributed by atoms with Gasteiger partial charge in [0.15, 0.2) is 0 Å². The highest BCUT2D eigenvalue weighted by Crippen LogP contribution is 2.64. The van der Waals surface area contributed by atoms with Crippen LogP contribution in [-0.4, -0.2) is 22.5 Å². The number of aliphatic carboxylic acids is 1. The topological polar surface area (TPSA) is 80.4 Å². The van der Waals surface area contributed by atoms with Crippen LogP contribution in [0.1, 0.15) is 33.6 Å². The van der Waals surface area contributed by atoms with Gasteiger partial charge in [0.05, 0.1) is 11.3 Å². The lowest BCUT2D eigenvalue weighted by atomic mass is 9.46. The first-order valence-corrected chi connectivity index (χ1v) is 7.13. The minimum Gasteiger partial charge on any atom is -0.481 e. The van der Waals surface area contributed by atoms with Gasteiger partial charge in [-0.3, -0.25) is 14.9 Å². The summed E-state index contributed by atoms with van der Waals surface area (Å²) in [6, 6.07) is 0. The van der Waals surface area contributed by atoms with Crippen LogP contribution in [0.2, 0.25) is 0 Å². The standard InChI is InChI=1S/C16H21NO4/c1-5-10-6-11-8-16(9-17(20)21,12(11)7-10)13(14(18)19)15(2,3)4/h1,7,11-13H,6,8-9H2,2-4H3,(H,18,19)/t11-,12+,13?,16+/m0/s1. The molecule has 21 heavy (non-hydrogen) atoms. The van der Waals surface area contributed by atoms with E-state index in [1.54, 1.807) is 0 Å². The van der Waals surface area contributed by atoms with Gasteiger partial charge in [0.25, 0.3) is 0 Å². The molecule has 0 amide bonds. The van der Waals surface area contributed by atoms with Gasteiger partial charge in [-0.05, 0) is 35.7 Å². The van der Waals surface area contributed by atoms with E-state index in [0.29, 0.717) is 6.42 Å². The normalized spacial score (nSPS) is 32.4. The molecular weight excluding hydrogens is 270 g/mol. The zero-order chi connectivity index (χ0) is 16.0. The summed E-state index contributed by atoms with van der Waals surface area (Å²) in [5.41, 5.74) is -0.510. The Hall–Kier alpha value is -1.83. The van der Waals surface area contributed by atoms with E-state index in [9.17, 15) is 20.0 Å². The Labute approximate surface area is 124 Å². The maximum atomic E-state index is 11.8. The number of fused-ring (bicyclic) bond motifs is 1. The molecule has 0 aromatic carbocycles. The summed E-state index contributed by atoms with van der Waals surface area (Å²) < 4.78 is 0. The van der Waals surface area contributed by atoms with Crippen molar-refractivity contribution in [3.05, 3.63) is 21.8 Å². The van der Waals surface area contributed by atoms with E-state index in [0.717, 1.165) is 12.0 Å². The van der Waals surface area contributed by atoms with Crippen LogP contribution in [0, 0.1) is 51.0 Å². The molecular formula is C16H21NO4. The fraction of sp³-hybridized carbons (Fsp3) is 0.688. The minimum absolute atomic E-state index is 0.0886. The molecule has 0 aromatic heterocycles. The molecule has 5 nitrogen and oxygen atoms in total. The highest BCUT2D eigenvalue weighted by molar-refractivity contribution is 5.72. The summed E-state index contributed by atoms with van der Waals surface area (Å²) in [4.78, 5) is 22.6. The Morgan fingerprint density at radius 2 is 2.29 bits per heavy atom. The molecule has 1 fully saturated rings. The molecule has 2 aliphatic carbocycles. The zero-order valence-corrected chi connectivity index (χ0v) is 12.6. The van der Waals surface area contributed by atoms with Crippen molar-refractivity contribution in [1.29, 1.82) is 0 Å².